The molecule has 0 nitrogen and oxygen atoms in total. The molecule has 0 aromatic rings. The monoisotopic (exact) mass is 204 g/mol. The first-order chi connectivity index (χ1) is 2.89. The van der Waals surface area contributed by atoms with Crippen molar-refractivity contribution < 1.29 is 0 Å². The van der Waals surface area contributed by atoms with Gasteiger partial charge in [-0.15, -0.1) is 0 Å². The standard InChI is InChI=1S/C4H5P.Sn/c1-2-4-5-3-1;/h1-5H;/q;+1. The van der Waals surface area contributed by atoms with Crippen LogP contribution in [0.2, 0.25) is 0 Å². The van der Waals surface area contributed by atoms with Crippen LogP contribution in [-0.2, 0) is 0 Å². The average molecular weight is 203 g/mol. The molecule has 0 aromatic carbocycles. The van der Waals surface area contributed by atoms with Gasteiger partial charge in [0.25, 0.3) is 0 Å². The maximum atomic E-state index is 2.31. The Morgan fingerprint density at radius 2 is 1.67 bits per heavy atom. The van der Waals surface area contributed by atoms with Gasteiger partial charge < -0.3 is 0 Å². The molecule has 0 fully saturated rings. The molecular weight excluding hydrogens is 198 g/mol. The second-order valence-corrected chi connectivity index (χ2v) is 7.69. The molecule has 1 rings (SSSR count). The third kappa shape index (κ3) is 1.09. The Labute approximate surface area is 51.5 Å². The Bertz CT molecular complexity index is 83.7. The molecule has 29 valence electrons. The molecule has 6 heavy (non-hydrogen) atoms. The van der Waals surface area contributed by atoms with Crippen LogP contribution in [0, 0.1) is 0 Å². The zero-order chi connectivity index (χ0) is 4.41. The molecule has 3 radical (unpaired) electrons. The van der Waals surface area contributed by atoms with Gasteiger partial charge in [0.15, 0.2) is 0 Å². The minimum absolute atomic E-state index is 0.0283. The van der Waals surface area contributed by atoms with E-state index < -0.39 is 0 Å². The summed E-state index contributed by atoms with van der Waals surface area (Å²) in [7, 11) is 0. The van der Waals surface area contributed by atoms with Crippen LogP contribution < -0.4 is 0 Å². The fraction of sp³-hybridized carbons (Fsp3) is 0. The average Bonchev–Trinajstić information content (AvgIpc) is 1.86. The molecule has 0 saturated carbocycles. The number of hydrogen-bond acceptors (Lipinski definition) is 0. The van der Waals surface area contributed by atoms with Crippen molar-refractivity contribution in [2.24, 2.45) is 0 Å². The minimum atomic E-state index is -0.0283. The second-order valence-electron chi connectivity index (χ2n) is 1.17. The van der Waals surface area contributed by atoms with Gasteiger partial charge in [-0.2, -0.15) is 0 Å². The van der Waals surface area contributed by atoms with Crippen molar-refractivity contribution in [3.8, 4) is 0 Å². The van der Waals surface area contributed by atoms with Crippen molar-refractivity contribution in [3.05, 3.63) is 23.8 Å². The Hall–Kier alpha value is 0.709. The fourth-order valence-corrected chi connectivity index (χ4v) is 2.77. The molecule has 0 saturated heterocycles. The summed E-state index contributed by atoms with van der Waals surface area (Å²) < 4.78 is 0. The molecular formula is C4H5PSn+. The van der Waals surface area contributed by atoms with Crippen molar-refractivity contribution in [2.75, 3.05) is 0 Å². The van der Waals surface area contributed by atoms with Crippen molar-refractivity contribution in [1.29, 1.82) is 0 Å². The summed E-state index contributed by atoms with van der Waals surface area (Å²) in [5.41, 5.74) is -0.0283. The van der Waals surface area contributed by atoms with E-state index in [9.17, 15) is 0 Å². The summed E-state index contributed by atoms with van der Waals surface area (Å²) in [6.45, 7) is 0. The van der Waals surface area contributed by atoms with E-state index in [1.807, 2.05) is 0 Å². The molecule has 0 amide bonds. The molecule has 0 aromatic heterocycles. The molecule has 0 bridgehead atoms. The van der Waals surface area contributed by atoms with Crippen LogP contribution in [0.15, 0.2) is 23.8 Å². The van der Waals surface area contributed by atoms with E-state index in [2.05, 4.69) is 23.8 Å². The Morgan fingerprint density at radius 3 is 1.83 bits per heavy atom. The topological polar surface area (TPSA) is 0 Å². The molecule has 1 aliphatic heterocycles. The van der Waals surface area contributed by atoms with E-state index >= 15 is 0 Å². The first-order valence-electron chi connectivity index (χ1n) is 1.83. The molecule has 0 spiro atoms. The molecule has 0 unspecified atom stereocenters. The van der Waals surface area contributed by atoms with E-state index in [1.54, 1.807) is 22.0 Å². The summed E-state index contributed by atoms with van der Waals surface area (Å²) in [6, 6.07) is 0. The van der Waals surface area contributed by atoms with Crippen LogP contribution in [0.3, 0.4) is 0 Å². The first kappa shape index (κ1) is 4.86. The van der Waals surface area contributed by atoms with Crippen LogP contribution in [0.4, 0.5) is 0 Å². The normalized spacial score (nSPS) is 20.2. The van der Waals surface area contributed by atoms with Gasteiger partial charge in [-0.25, -0.2) is 0 Å². The van der Waals surface area contributed by atoms with E-state index in [0.717, 1.165) is 0 Å². The maximum absolute atomic E-state index is 2.31. The predicted octanol–water partition coefficient (Wildman–Crippen LogP) is 1.33. The third-order valence-electron chi connectivity index (χ3n) is 0.663. The zero-order valence-corrected chi connectivity index (χ0v) is 7.16. The molecule has 0 N–H and O–H groups in total. The van der Waals surface area contributed by atoms with Gasteiger partial charge in [-0.1, -0.05) is 0 Å². The van der Waals surface area contributed by atoms with Crippen LogP contribution in [-0.4, -0.2) is 22.0 Å². The van der Waals surface area contributed by atoms with Crippen LogP contribution in [0.25, 0.3) is 0 Å². The summed E-state index contributed by atoms with van der Waals surface area (Å²) in [5, 5.41) is 0. The Balaban J connectivity index is 2.60. The third-order valence-corrected chi connectivity index (χ3v) is 4.62. The van der Waals surface area contributed by atoms with E-state index in [-0.39, 0.29) is 5.57 Å². The molecule has 0 atom stereocenters. The SMILES string of the molecule is [Sn][PH+]1C=CC=C1. The number of hydrogen-bond donors (Lipinski definition) is 0. The van der Waals surface area contributed by atoms with Crippen LogP contribution >= 0.6 is 5.57 Å². The van der Waals surface area contributed by atoms with Gasteiger partial charge in [0.2, 0.25) is 0 Å². The zero-order valence-electron chi connectivity index (χ0n) is 3.31. The predicted molar refractivity (Wildman–Crippen MR) is 32.3 cm³/mol. The Kier molecular flexibility index (Phi) is 1.72. The van der Waals surface area contributed by atoms with Crippen molar-refractivity contribution in [2.45, 2.75) is 0 Å². The summed E-state index contributed by atoms with van der Waals surface area (Å²) in [5.74, 6) is 4.62. The van der Waals surface area contributed by atoms with E-state index in [0.29, 0.717) is 0 Å². The van der Waals surface area contributed by atoms with Crippen molar-refractivity contribution >= 4 is 27.6 Å². The van der Waals surface area contributed by atoms with E-state index in [1.165, 1.54) is 0 Å². The van der Waals surface area contributed by atoms with Gasteiger partial charge in [-0.3, -0.25) is 0 Å². The van der Waals surface area contributed by atoms with Crippen LogP contribution in [0.1, 0.15) is 0 Å². The number of allylic oxidation sites excluding steroid dienone is 2. The van der Waals surface area contributed by atoms with Gasteiger partial charge in [-0.05, 0) is 0 Å². The quantitative estimate of drug-likeness (QED) is 0.411. The van der Waals surface area contributed by atoms with E-state index in [4.69, 9.17) is 0 Å². The van der Waals surface area contributed by atoms with Gasteiger partial charge in [0, 0.05) is 0 Å². The van der Waals surface area contributed by atoms with Crippen LogP contribution in [0.5, 0.6) is 0 Å². The second kappa shape index (κ2) is 2.13. The molecule has 0 aliphatic carbocycles. The van der Waals surface area contributed by atoms with Crippen molar-refractivity contribution in [3.63, 3.8) is 0 Å². The molecule has 2 heteroatoms. The van der Waals surface area contributed by atoms with Gasteiger partial charge in [0.1, 0.15) is 0 Å². The summed E-state index contributed by atoms with van der Waals surface area (Å²) >= 11 is 1.69. The van der Waals surface area contributed by atoms with Crippen molar-refractivity contribution in [1.82, 2.24) is 0 Å². The summed E-state index contributed by atoms with van der Waals surface area (Å²) in [6.07, 6.45) is 4.28. The summed E-state index contributed by atoms with van der Waals surface area (Å²) in [4.78, 5) is 0. The van der Waals surface area contributed by atoms with Gasteiger partial charge in [0.05, 0.1) is 0 Å². The van der Waals surface area contributed by atoms with Gasteiger partial charge >= 0.3 is 51.3 Å². The Morgan fingerprint density at radius 1 is 1.17 bits per heavy atom. The fourth-order valence-electron chi connectivity index (χ4n) is 0.374. The first-order valence-corrected chi connectivity index (χ1v) is 7.76. The molecule has 1 heterocycles. The number of rotatable bonds is 0. The molecule has 1 aliphatic rings.